The molecular weight excluding hydrogens is 324 g/mol. The second-order valence-corrected chi connectivity index (χ2v) is 6.20. The summed E-state index contributed by atoms with van der Waals surface area (Å²) in [6, 6.07) is 14.9. The van der Waals surface area contributed by atoms with Crippen molar-refractivity contribution in [2.24, 2.45) is 0 Å². The minimum absolute atomic E-state index is 0.0261. The summed E-state index contributed by atoms with van der Waals surface area (Å²) >= 11 is 5.91. The second kappa shape index (κ2) is 8.71. The molecule has 0 aliphatic carbocycles. The summed E-state index contributed by atoms with van der Waals surface area (Å²) in [5.41, 5.74) is 8.58. The summed E-state index contributed by atoms with van der Waals surface area (Å²) in [5.74, 6) is -0.0261. The summed E-state index contributed by atoms with van der Waals surface area (Å²) < 4.78 is 5.54. The average Bonchev–Trinajstić information content (AvgIpc) is 2.56. The molecule has 0 aromatic heterocycles. The van der Waals surface area contributed by atoms with Crippen molar-refractivity contribution in [3.05, 3.63) is 64.7 Å². The lowest BCUT2D eigenvalue weighted by Crippen LogP contribution is -2.37. The Kier molecular flexibility index (Phi) is 6.64. The molecule has 3 N–H and O–H groups in total. The summed E-state index contributed by atoms with van der Waals surface area (Å²) in [5, 5.41) is 3.67. The number of hydrogen-bond acceptors (Lipinski definition) is 3. The van der Waals surface area contributed by atoms with E-state index in [0.717, 1.165) is 11.1 Å². The molecule has 0 aliphatic rings. The Hall–Kier alpha value is -2.04. The molecule has 0 aliphatic heterocycles. The van der Waals surface area contributed by atoms with E-state index in [-0.39, 0.29) is 18.1 Å². The van der Waals surface area contributed by atoms with Crippen LogP contribution in [0, 0.1) is 0 Å². The third-order valence-electron chi connectivity index (χ3n) is 3.97. The van der Waals surface area contributed by atoms with E-state index >= 15 is 0 Å². The number of methoxy groups -OCH3 is 1. The maximum Gasteiger partial charge on any atom is 0.220 e. The average molecular weight is 347 g/mol. The summed E-state index contributed by atoms with van der Waals surface area (Å²) in [6.07, 6.45) is 0.771. The van der Waals surface area contributed by atoms with E-state index in [1.165, 1.54) is 0 Å². The number of benzene rings is 2. The summed E-state index contributed by atoms with van der Waals surface area (Å²) in [7, 11) is 1.63. The van der Waals surface area contributed by atoms with Gasteiger partial charge < -0.3 is 15.8 Å². The number of para-hydroxylation sites is 1. The van der Waals surface area contributed by atoms with E-state index in [1.807, 2.05) is 55.5 Å². The normalized spacial score (nSPS) is 13.3. The SMILES string of the molecule is COC(c1ccc(Cl)cc1)C(C)NC(=O)CCc1ccccc1N. The first kappa shape index (κ1) is 18.3. The van der Waals surface area contributed by atoms with E-state index in [0.29, 0.717) is 23.6 Å². The minimum atomic E-state index is -0.229. The Bertz CT molecular complexity index is 673. The summed E-state index contributed by atoms with van der Waals surface area (Å²) in [6.45, 7) is 1.93. The molecule has 0 bridgehead atoms. The van der Waals surface area contributed by atoms with Crippen LogP contribution in [-0.4, -0.2) is 19.1 Å². The van der Waals surface area contributed by atoms with Crippen molar-refractivity contribution in [3.63, 3.8) is 0 Å². The lowest BCUT2D eigenvalue weighted by atomic mass is 10.0. The third kappa shape index (κ3) is 4.98. The van der Waals surface area contributed by atoms with Crippen molar-refractivity contribution < 1.29 is 9.53 Å². The molecule has 24 heavy (non-hydrogen) atoms. The smallest absolute Gasteiger partial charge is 0.220 e. The van der Waals surface area contributed by atoms with Gasteiger partial charge in [0.15, 0.2) is 0 Å². The van der Waals surface area contributed by atoms with Gasteiger partial charge in [0.05, 0.1) is 6.04 Å². The Morgan fingerprint density at radius 1 is 1.21 bits per heavy atom. The molecule has 0 spiro atoms. The molecule has 0 radical (unpaired) electrons. The van der Waals surface area contributed by atoms with Crippen LogP contribution in [0.2, 0.25) is 5.02 Å². The van der Waals surface area contributed by atoms with Crippen molar-refractivity contribution in [1.29, 1.82) is 0 Å². The number of aryl methyl sites for hydroxylation is 1. The number of nitrogen functional groups attached to an aromatic ring is 1. The third-order valence-corrected chi connectivity index (χ3v) is 4.22. The van der Waals surface area contributed by atoms with Gasteiger partial charge in [-0.15, -0.1) is 0 Å². The fraction of sp³-hybridized carbons (Fsp3) is 0.316. The predicted octanol–water partition coefficient (Wildman–Crippen LogP) is 3.75. The minimum Gasteiger partial charge on any atom is -0.399 e. The fourth-order valence-electron chi connectivity index (χ4n) is 2.69. The van der Waals surface area contributed by atoms with Crippen LogP contribution >= 0.6 is 11.6 Å². The van der Waals surface area contributed by atoms with Crippen LogP contribution in [0.1, 0.15) is 30.6 Å². The summed E-state index contributed by atoms with van der Waals surface area (Å²) in [4.78, 5) is 12.2. The van der Waals surface area contributed by atoms with Crippen LogP contribution < -0.4 is 11.1 Å². The molecule has 128 valence electrons. The van der Waals surface area contributed by atoms with Crippen molar-refractivity contribution in [3.8, 4) is 0 Å². The number of carbonyl (C=O) groups excluding carboxylic acids is 1. The quantitative estimate of drug-likeness (QED) is 0.750. The molecular formula is C19H23ClN2O2. The Balaban J connectivity index is 1.92. The van der Waals surface area contributed by atoms with E-state index in [1.54, 1.807) is 7.11 Å². The first-order valence-electron chi connectivity index (χ1n) is 7.92. The molecule has 4 nitrogen and oxygen atoms in total. The van der Waals surface area contributed by atoms with Gasteiger partial charge in [-0.3, -0.25) is 4.79 Å². The number of anilines is 1. The monoisotopic (exact) mass is 346 g/mol. The number of rotatable bonds is 7. The van der Waals surface area contributed by atoms with Gasteiger partial charge in [-0.05, 0) is 42.7 Å². The van der Waals surface area contributed by atoms with Gasteiger partial charge in [-0.25, -0.2) is 0 Å². The van der Waals surface area contributed by atoms with E-state index in [4.69, 9.17) is 22.1 Å². The molecule has 0 heterocycles. The molecule has 2 unspecified atom stereocenters. The molecule has 0 saturated heterocycles. The van der Waals surface area contributed by atoms with Crippen LogP contribution in [0.5, 0.6) is 0 Å². The van der Waals surface area contributed by atoms with Gasteiger partial charge in [-0.1, -0.05) is 41.9 Å². The highest BCUT2D eigenvalue weighted by Crippen LogP contribution is 2.22. The molecule has 1 amide bonds. The second-order valence-electron chi connectivity index (χ2n) is 5.76. The fourth-order valence-corrected chi connectivity index (χ4v) is 2.82. The highest BCUT2D eigenvalue weighted by molar-refractivity contribution is 6.30. The molecule has 2 rings (SSSR count). The van der Waals surface area contributed by atoms with Crippen molar-refractivity contribution in [1.82, 2.24) is 5.32 Å². The molecule has 2 aromatic carbocycles. The topological polar surface area (TPSA) is 64.3 Å². The molecule has 0 saturated carbocycles. The van der Waals surface area contributed by atoms with Crippen LogP contribution in [0.4, 0.5) is 5.69 Å². The molecule has 2 aromatic rings. The molecule has 0 fully saturated rings. The Morgan fingerprint density at radius 2 is 1.88 bits per heavy atom. The van der Waals surface area contributed by atoms with Gasteiger partial charge in [0.2, 0.25) is 5.91 Å². The number of amides is 1. The number of ether oxygens (including phenoxy) is 1. The molecule has 5 heteroatoms. The van der Waals surface area contributed by atoms with Gasteiger partial charge >= 0.3 is 0 Å². The van der Waals surface area contributed by atoms with Crippen LogP contribution in [0.3, 0.4) is 0 Å². The standard InChI is InChI=1S/C19H23ClN2O2/c1-13(19(24-2)15-7-10-16(20)11-8-15)22-18(23)12-9-14-5-3-4-6-17(14)21/h3-8,10-11,13,19H,9,12,21H2,1-2H3,(H,22,23). The van der Waals surface area contributed by atoms with Crippen molar-refractivity contribution in [2.75, 3.05) is 12.8 Å². The highest BCUT2D eigenvalue weighted by Gasteiger charge is 2.20. The van der Waals surface area contributed by atoms with E-state index in [2.05, 4.69) is 5.32 Å². The first-order valence-corrected chi connectivity index (χ1v) is 8.30. The number of carbonyl (C=O) groups is 1. The Morgan fingerprint density at radius 3 is 2.50 bits per heavy atom. The zero-order valence-corrected chi connectivity index (χ0v) is 14.7. The lowest BCUT2D eigenvalue weighted by Gasteiger charge is -2.24. The number of nitrogens with two attached hydrogens (primary N) is 1. The van der Waals surface area contributed by atoms with E-state index < -0.39 is 0 Å². The zero-order valence-electron chi connectivity index (χ0n) is 14.0. The number of halogens is 1. The Labute approximate surface area is 148 Å². The van der Waals surface area contributed by atoms with Gasteiger partial charge in [0, 0.05) is 24.2 Å². The van der Waals surface area contributed by atoms with Crippen LogP contribution in [-0.2, 0) is 16.0 Å². The molecule has 2 atom stereocenters. The van der Waals surface area contributed by atoms with Crippen molar-refractivity contribution >= 4 is 23.2 Å². The highest BCUT2D eigenvalue weighted by atomic mass is 35.5. The number of hydrogen-bond donors (Lipinski definition) is 2. The van der Waals surface area contributed by atoms with Gasteiger partial charge in [-0.2, -0.15) is 0 Å². The maximum absolute atomic E-state index is 12.2. The van der Waals surface area contributed by atoms with Crippen molar-refractivity contribution in [2.45, 2.75) is 31.9 Å². The largest absolute Gasteiger partial charge is 0.399 e. The first-order chi connectivity index (χ1) is 11.5. The van der Waals surface area contributed by atoms with Gasteiger partial charge in [0.25, 0.3) is 0 Å². The van der Waals surface area contributed by atoms with Crippen LogP contribution in [0.25, 0.3) is 0 Å². The predicted molar refractivity (Wildman–Crippen MR) is 98.0 cm³/mol. The van der Waals surface area contributed by atoms with Gasteiger partial charge in [0.1, 0.15) is 6.10 Å². The number of nitrogens with one attached hydrogen (secondary N) is 1. The maximum atomic E-state index is 12.2. The lowest BCUT2D eigenvalue weighted by molar-refractivity contribution is -0.122. The zero-order chi connectivity index (χ0) is 17.5. The van der Waals surface area contributed by atoms with E-state index in [9.17, 15) is 4.79 Å². The van der Waals surface area contributed by atoms with Crippen LogP contribution in [0.15, 0.2) is 48.5 Å².